The van der Waals surface area contributed by atoms with Gasteiger partial charge in [-0.3, -0.25) is 14.2 Å². The Bertz CT molecular complexity index is 1270. The average molecular weight is 407 g/mol. The number of aryl methyl sites for hydroxylation is 2. The Morgan fingerprint density at radius 2 is 1.80 bits per heavy atom. The zero-order valence-electron chi connectivity index (χ0n) is 16.8. The van der Waals surface area contributed by atoms with Gasteiger partial charge in [0.1, 0.15) is 11.3 Å². The highest BCUT2D eigenvalue weighted by Gasteiger charge is 2.20. The Labute approximate surface area is 172 Å². The van der Waals surface area contributed by atoms with Gasteiger partial charge in [0, 0.05) is 69.4 Å². The van der Waals surface area contributed by atoms with Crippen molar-refractivity contribution in [1.29, 1.82) is 0 Å². The molecule has 2 N–H and O–H groups in total. The maximum absolute atomic E-state index is 14.4. The summed E-state index contributed by atoms with van der Waals surface area (Å²) in [7, 11) is 3.57. The molecule has 5 rings (SSSR count). The quantitative estimate of drug-likeness (QED) is 0.545. The standard InChI is InChI=1S/C21H22FN7O/c1-27-11-15-17(22)9-13(10-18(15)25-27)24-21(30)14-3-4-19(29-7-5-23-6-8-29)16-12-28(2)26-20(14)16/h3-4,9-12,23H,5-8H2,1-2H3,(H,24,30). The molecule has 1 aliphatic heterocycles. The summed E-state index contributed by atoms with van der Waals surface area (Å²) in [6.07, 6.45) is 3.55. The highest BCUT2D eigenvalue weighted by Crippen LogP contribution is 2.30. The van der Waals surface area contributed by atoms with Crippen molar-refractivity contribution >= 4 is 39.1 Å². The molecule has 8 nitrogen and oxygen atoms in total. The molecule has 30 heavy (non-hydrogen) atoms. The number of nitrogens with zero attached hydrogens (tertiary/aromatic N) is 5. The molecule has 0 aliphatic carbocycles. The van der Waals surface area contributed by atoms with Crippen LogP contribution < -0.4 is 15.5 Å². The van der Waals surface area contributed by atoms with Crippen molar-refractivity contribution in [3.63, 3.8) is 0 Å². The van der Waals surface area contributed by atoms with Crippen molar-refractivity contribution < 1.29 is 9.18 Å². The summed E-state index contributed by atoms with van der Waals surface area (Å²) in [6.45, 7) is 3.65. The Morgan fingerprint density at radius 3 is 2.60 bits per heavy atom. The molecule has 2 aromatic heterocycles. The van der Waals surface area contributed by atoms with Crippen molar-refractivity contribution in [2.45, 2.75) is 0 Å². The number of halogens is 1. The van der Waals surface area contributed by atoms with Crippen molar-refractivity contribution in [2.24, 2.45) is 14.1 Å². The zero-order chi connectivity index (χ0) is 20.8. The van der Waals surface area contributed by atoms with Gasteiger partial charge in [-0.1, -0.05) is 0 Å². The highest BCUT2D eigenvalue weighted by molar-refractivity contribution is 6.14. The van der Waals surface area contributed by atoms with Gasteiger partial charge in [-0.25, -0.2) is 4.39 Å². The Balaban J connectivity index is 1.51. The summed E-state index contributed by atoms with van der Waals surface area (Å²) in [4.78, 5) is 15.3. The fourth-order valence-electron chi connectivity index (χ4n) is 4.04. The van der Waals surface area contributed by atoms with Crippen LogP contribution in [-0.4, -0.2) is 51.6 Å². The molecule has 2 aromatic carbocycles. The van der Waals surface area contributed by atoms with Gasteiger partial charge in [-0.15, -0.1) is 0 Å². The molecule has 0 saturated carbocycles. The van der Waals surface area contributed by atoms with Crippen molar-refractivity contribution in [3.8, 4) is 0 Å². The number of carbonyl (C=O) groups excluding carboxylic acids is 1. The monoisotopic (exact) mass is 407 g/mol. The smallest absolute Gasteiger partial charge is 0.257 e. The summed E-state index contributed by atoms with van der Waals surface area (Å²) in [5, 5.41) is 16.3. The van der Waals surface area contributed by atoms with Crippen LogP contribution in [0.25, 0.3) is 21.8 Å². The topological polar surface area (TPSA) is 80.0 Å². The first-order valence-corrected chi connectivity index (χ1v) is 9.86. The molecule has 4 aromatic rings. The van der Waals surface area contributed by atoms with Gasteiger partial charge in [0.25, 0.3) is 5.91 Å². The van der Waals surface area contributed by atoms with Crippen LogP contribution in [0.15, 0.2) is 36.7 Å². The van der Waals surface area contributed by atoms with E-state index >= 15 is 0 Å². The number of amides is 1. The lowest BCUT2D eigenvalue weighted by Crippen LogP contribution is -2.43. The van der Waals surface area contributed by atoms with Crippen LogP contribution in [0.5, 0.6) is 0 Å². The Morgan fingerprint density at radius 1 is 1.07 bits per heavy atom. The van der Waals surface area contributed by atoms with Crippen molar-refractivity contribution in [2.75, 3.05) is 36.4 Å². The van der Waals surface area contributed by atoms with Gasteiger partial charge in [0.2, 0.25) is 0 Å². The average Bonchev–Trinajstić information content (AvgIpc) is 3.29. The normalized spacial score (nSPS) is 14.6. The van der Waals surface area contributed by atoms with Gasteiger partial charge < -0.3 is 15.5 Å². The second-order valence-electron chi connectivity index (χ2n) is 7.58. The van der Waals surface area contributed by atoms with Gasteiger partial charge in [0.15, 0.2) is 0 Å². The van der Waals surface area contributed by atoms with Crippen LogP contribution >= 0.6 is 0 Å². The lowest BCUT2D eigenvalue weighted by molar-refractivity contribution is 0.102. The number of benzene rings is 2. The molecule has 0 bridgehead atoms. The number of aromatic nitrogens is 4. The van der Waals surface area contributed by atoms with E-state index in [1.807, 2.05) is 19.3 Å². The molecule has 0 spiro atoms. The molecule has 1 amide bonds. The number of carbonyl (C=O) groups is 1. The number of piperazine rings is 1. The van der Waals surface area contributed by atoms with E-state index in [0.29, 0.717) is 27.7 Å². The third-order valence-corrected chi connectivity index (χ3v) is 5.42. The number of fused-ring (bicyclic) bond motifs is 2. The fraction of sp³-hybridized carbons (Fsp3) is 0.286. The second kappa shape index (κ2) is 7.10. The fourth-order valence-corrected chi connectivity index (χ4v) is 4.04. The second-order valence-corrected chi connectivity index (χ2v) is 7.58. The van der Waals surface area contributed by atoms with E-state index in [1.165, 1.54) is 6.07 Å². The molecule has 1 fully saturated rings. The number of hydrogen-bond acceptors (Lipinski definition) is 5. The first kappa shape index (κ1) is 18.6. The SMILES string of the molecule is Cn1cc2c(F)cc(NC(=O)c3ccc(N4CCNCC4)c4cn(C)nc34)cc2n1. The number of rotatable bonds is 3. The lowest BCUT2D eigenvalue weighted by atomic mass is 10.1. The van der Waals surface area contributed by atoms with Gasteiger partial charge >= 0.3 is 0 Å². The van der Waals surface area contributed by atoms with Gasteiger partial charge in [-0.05, 0) is 24.3 Å². The summed E-state index contributed by atoms with van der Waals surface area (Å²) in [5.74, 6) is -0.756. The highest BCUT2D eigenvalue weighted by atomic mass is 19.1. The van der Waals surface area contributed by atoms with E-state index in [0.717, 1.165) is 37.3 Å². The number of nitrogens with one attached hydrogen (secondary N) is 2. The number of anilines is 2. The van der Waals surface area contributed by atoms with Crippen LogP contribution in [0.2, 0.25) is 0 Å². The Kier molecular flexibility index (Phi) is 4.39. The third-order valence-electron chi connectivity index (χ3n) is 5.42. The van der Waals surface area contributed by atoms with Crippen LogP contribution in [-0.2, 0) is 14.1 Å². The van der Waals surface area contributed by atoms with E-state index in [1.54, 1.807) is 34.7 Å². The predicted molar refractivity (Wildman–Crippen MR) is 114 cm³/mol. The lowest BCUT2D eigenvalue weighted by Gasteiger charge is -2.30. The molecular formula is C21H22FN7O. The minimum absolute atomic E-state index is 0.333. The zero-order valence-corrected chi connectivity index (χ0v) is 16.8. The van der Waals surface area contributed by atoms with Crippen molar-refractivity contribution in [1.82, 2.24) is 24.9 Å². The summed E-state index contributed by atoms with van der Waals surface area (Å²) in [5.41, 5.74) is 3.00. The molecule has 0 radical (unpaired) electrons. The van der Waals surface area contributed by atoms with Crippen LogP contribution in [0.4, 0.5) is 15.8 Å². The summed E-state index contributed by atoms with van der Waals surface area (Å²) >= 11 is 0. The van der Waals surface area contributed by atoms with Gasteiger partial charge in [-0.2, -0.15) is 10.2 Å². The Hall–Kier alpha value is -3.46. The predicted octanol–water partition coefficient (Wildman–Crippen LogP) is 2.26. The first-order chi connectivity index (χ1) is 14.5. The van der Waals surface area contributed by atoms with E-state index in [-0.39, 0.29) is 5.91 Å². The van der Waals surface area contributed by atoms with E-state index in [4.69, 9.17) is 0 Å². The molecule has 0 unspecified atom stereocenters. The molecule has 1 saturated heterocycles. The summed E-state index contributed by atoms with van der Waals surface area (Å²) < 4.78 is 17.7. The van der Waals surface area contributed by atoms with E-state index < -0.39 is 5.82 Å². The molecule has 9 heteroatoms. The molecular weight excluding hydrogens is 385 g/mol. The van der Waals surface area contributed by atoms with Crippen LogP contribution in [0.3, 0.4) is 0 Å². The van der Waals surface area contributed by atoms with E-state index in [2.05, 4.69) is 25.7 Å². The third kappa shape index (κ3) is 3.17. The minimum atomic E-state index is -0.423. The molecule has 1 aliphatic rings. The summed E-state index contributed by atoms with van der Waals surface area (Å²) in [6, 6.07) is 6.73. The molecule has 0 atom stereocenters. The van der Waals surface area contributed by atoms with Crippen LogP contribution in [0, 0.1) is 5.82 Å². The number of hydrogen-bond donors (Lipinski definition) is 2. The molecule has 154 valence electrons. The maximum Gasteiger partial charge on any atom is 0.257 e. The van der Waals surface area contributed by atoms with Crippen molar-refractivity contribution in [3.05, 3.63) is 48.0 Å². The van der Waals surface area contributed by atoms with E-state index in [9.17, 15) is 9.18 Å². The first-order valence-electron chi connectivity index (χ1n) is 9.86. The van der Waals surface area contributed by atoms with Gasteiger partial charge in [0.05, 0.1) is 16.5 Å². The van der Waals surface area contributed by atoms with Crippen LogP contribution in [0.1, 0.15) is 10.4 Å². The minimum Gasteiger partial charge on any atom is -0.368 e. The largest absolute Gasteiger partial charge is 0.368 e. The molecule has 3 heterocycles. The maximum atomic E-state index is 14.4.